The van der Waals surface area contributed by atoms with Gasteiger partial charge in [-0.05, 0) is 25.0 Å². The molecule has 10 heteroatoms. The SMILES string of the molecule is O=C(O)CN1CCC[C@H](NC(=O)NS(=O)(=O)c2ccccc2)C1=O. The third kappa shape index (κ3) is 4.44. The van der Waals surface area contributed by atoms with Crippen LogP contribution in [0.1, 0.15) is 12.8 Å². The number of carboxylic acids is 1. The lowest BCUT2D eigenvalue weighted by Crippen LogP contribution is -2.55. The molecular formula is C14H17N3O6S. The first kappa shape index (κ1) is 17.7. The second-order valence-electron chi connectivity index (χ2n) is 5.24. The molecule has 1 fully saturated rings. The van der Waals surface area contributed by atoms with Crippen LogP contribution in [0.25, 0.3) is 0 Å². The molecule has 1 saturated heterocycles. The van der Waals surface area contributed by atoms with Crippen molar-refractivity contribution >= 4 is 27.9 Å². The second kappa shape index (κ2) is 7.30. The van der Waals surface area contributed by atoms with Gasteiger partial charge in [-0.15, -0.1) is 0 Å². The molecule has 0 unspecified atom stereocenters. The third-order valence-corrected chi connectivity index (χ3v) is 4.79. The highest BCUT2D eigenvalue weighted by Gasteiger charge is 2.31. The van der Waals surface area contributed by atoms with Crippen LogP contribution in [0.3, 0.4) is 0 Å². The first-order valence-corrected chi connectivity index (χ1v) is 8.67. The summed E-state index contributed by atoms with van der Waals surface area (Å²) in [5.41, 5.74) is 0. The number of hydrogen-bond acceptors (Lipinski definition) is 5. The fourth-order valence-corrected chi connectivity index (χ4v) is 3.30. The Morgan fingerprint density at radius 1 is 1.25 bits per heavy atom. The number of nitrogens with one attached hydrogen (secondary N) is 2. The van der Waals surface area contributed by atoms with Gasteiger partial charge in [0, 0.05) is 6.54 Å². The average Bonchev–Trinajstić information content (AvgIpc) is 2.51. The Bertz CT molecular complexity index is 734. The number of urea groups is 1. The van der Waals surface area contributed by atoms with Gasteiger partial charge in [0.2, 0.25) is 5.91 Å². The monoisotopic (exact) mass is 355 g/mol. The Morgan fingerprint density at radius 2 is 1.92 bits per heavy atom. The van der Waals surface area contributed by atoms with E-state index in [-0.39, 0.29) is 11.4 Å². The van der Waals surface area contributed by atoms with E-state index >= 15 is 0 Å². The number of benzene rings is 1. The molecule has 0 aliphatic carbocycles. The van der Waals surface area contributed by atoms with Crippen LogP contribution in [0.15, 0.2) is 35.2 Å². The molecule has 3 amide bonds. The number of amides is 3. The lowest BCUT2D eigenvalue weighted by molar-refractivity contribution is -0.146. The highest BCUT2D eigenvalue weighted by Crippen LogP contribution is 2.12. The number of carbonyl (C=O) groups is 3. The van der Waals surface area contributed by atoms with Gasteiger partial charge in [0.1, 0.15) is 12.6 Å². The molecule has 0 bridgehead atoms. The number of sulfonamides is 1. The number of aliphatic carboxylic acids is 1. The van der Waals surface area contributed by atoms with Crippen LogP contribution in [0.5, 0.6) is 0 Å². The zero-order valence-corrected chi connectivity index (χ0v) is 13.5. The molecule has 0 radical (unpaired) electrons. The standard InChI is InChI=1S/C14H17N3O6S/c18-12(19)9-17-8-4-7-11(13(17)20)15-14(21)16-24(22,23)10-5-2-1-3-6-10/h1-3,5-6,11H,4,7-9H2,(H,18,19)(H2,15,16,21)/t11-/m0/s1. The van der Waals surface area contributed by atoms with Crippen molar-refractivity contribution < 1.29 is 27.9 Å². The van der Waals surface area contributed by atoms with Crippen molar-refractivity contribution in [3.63, 3.8) is 0 Å². The molecule has 0 aromatic heterocycles. The molecule has 1 heterocycles. The summed E-state index contributed by atoms with van der Waals surface area (Å²) in [5, 5.41) is 11.0. The van der Waals surface area contributed by atoms with Crippen LogP contribution in [0, 0.1) is 0 Å². The van der Waals surface area contributed by atoms with Crippen LogP contribution in [-0.4, -0.2) is 55.5 Å². The van der Waals surface area contributed by atoms with E-state index in [1.165, 1.54) is 24.3 Å². The molecule has 24 heavy (non-hydrogen) atoms. The van der Waals surface area contributed by atoms with Crippen molar-refractivity contribution in [3.8, 4) is 0 Å². The number of rotatable bonds is 5. The number of carboxylic acid groups (broad SMARTS) is 1. The molecule has 9 nitrogen and oxygen atoms in total. The lowest BCUT2D eigenvalue weighted by Gasteiger charge is -2.31. The predicted molar refractivity (Wildman–Crippen MR) is 82.5 cm³/mol. The quantitative estimate of drug-likeness (QED) is 0.667. The minimum Gasteiger partial charge on any atom is -0.480 e. The molecule has 3 N–H and O–H groups in total. The Balaban J connectivity index is 1.99. The van der Waals surface area contributed by atoms with Gasteiger partial charge >= 0.3 is 12.0 Å². The molecular weight excluding hydrogens is 338 g/mol. The fourth-order valence-electron chi connectivity index (χ4n) is 2.36. The van der Waals surface area contributed by atoms with E-state index in [1.54, 1.807) is 6.07 Å². The Kier molecular flexibility index (Phi) is 5.39. The minimum atomic E-state index is -4.04. The van der Waals surface area contributed by atoms with Crippen molar-refractivity contribution in [1.29, 1.82) is 0 Å². The summed E-state index contributed by atoms with van der Waals surface area (Å²) >= 11 is 0. The molecule has 1 atom stereocenters. The van der Waals surface area contributed by atoms with Gasteiger partial charge in [0.05, 0.1) is 4.90 Å². The summed E-state index contributed by atoms with van der Waals surface area (Å²) in [6.07, 6.45) is 0.823. The molecule has 0 saturated carbocycles. The summed E-state index contributed by atoms with van der Waals surface area (Å²) in [6.45, 7) is -0.172. The Morgan fingerprint density at radius 3 is 2.54 bits per heavy atom. The zero-order valence-electron chi connectivity index (χ0n) is 12.6. The normalized spacial score (nSPS) is 18.1. The fraction of sp³-hybridized carbons (Fsp3) is 0.357. The second-order valence-corrected chi connectivity index (χ2v) is 6.92. The van der Waals surface area contributed by atoms with Gasteiger partial charge in [0.25, 0.3) is 10.0 Å². The summed E-state index contributed by atoms with van der Waals surface area (Å²) in [5.74, 6) is -1.70. The van der Waals surface area contributed by atoms with Gasteiger partial charge in [-0.2, -0.15) is 0 Å². The van der Waals surface area contributed by atoms with Crippen molar-refractivity contribution in [3.05, 3.63) is 30.3 Å². The summed E-state index contributed by atoms with van der Waals surface area (Å²) in [7, 11) is -4.04. The average molecular weight is 355 g/mol. The van der Waals surface area contributed by atoms with E-state index in [9.17, 15) is 22.8 Å². The molecule has 1 aromatic rings. The molecule has 0 spiro atoms. The maximum atomic E-state index is 12.1. The largest absolute Gasteiger partial charge is 0.480 e. The first-order valence-electron chi connectivity index (χ1n) is 7.18. The van der Waals surface area contributed by atoms with Crippen LogP contribution in [0.4, 0.5) is 4.79 Å². The van der Waals surface area contributed by atoms with E-state index in [2.05, 4.69) is 5.32 Å². The van der Waals surface area contributed by atoms with E-state index < -0.39 is 40.5 Å². The highest BCUT2D eigenvalue weighted by atomic mass is 32.2. The van der Waals surface area contributed by atoms with Gasteiger partial charge in [-0.1, -0.05) is 18.2 Å². The topological polar surface area (TPSA) is 133 Å². The van der Waals surface area contributed by atoms with Crippen molar-refractivity contribution in [2.24, 2.45) is 0 Å². The number of carbonyl (C=O) groups excluding carboxylic acids is 2. The highest BCUT2D eigenvalue weighted by molar-refractivity contribution is 7.90. The van der Waals surface area contributed by atoms with Crippen molar-refractivity contribution in [1.82, 2.24) is 14.9 Å². The number of piperidine rings is 1. The van der Waals surface area contributed by atoms with Gasteiger partial charge in [-0.25, -0.2) is 17.9 Å². The van der Waals surface area contributed by atoms with Gasteiger partial charge in [0.15, 0.2) is 0 Å². The Labute approximate surface area is 138 Å². The lowest BCUT2D eigenvalue weighted by atomic mass is 10.1. The molecule has 1 aromatic carbocycles. The van der Waals surface area contributed by atoms with Crippen LogP contribution in [-0.2, 0) is 19.6 Å². The van der Waals surface area contributed by atoms with Crippen molar-refractivity contribution in [2.45, 2.75) is 23.8 Å². The maximum absolute atomic E-state index is 12.1. The first-order chi connectivity index (χ1) is 11.3. The molecule has 1 aliphatic rings. The van der Waals surface area contributed by atoms with Gasteiger partial charge < -0.3 is 15.3 Å². The molecule has 130 valence electrons. The third-order valence-electron chi connectivity index (χ3n) is 3.44. The summed E-state index contributed by atoms with van der Waals surface area (Å²) in [6, 6.07) is 5.34. The summed E-state index contributed by atoms with van der Waals surface area (Å²) in [4.78, 5) is 35.7. The van der Waals surface area contributed by atoms with Crippen LogP contribution < -0.4 is 10.0 Å². The summed E-state index contributed by atoms with van der Waals surface area (Å²) < 4.78 is 25.9. The van der Waals surface area contributed by atoms with Crippen LogP contribution >= 0.6 is 0 Å². The number of likely N-dealkylation sites (tertiary alicyclic amines) is 1. The van der Waals surface area contributed by atoms with Crippen LogP contribution in [0.2, 0.25) is 0 Å². The molecule has 1 aliphatic heterocycles. The molecule has 2 rings (SSSR count). The van der Waals surface area contributed by atoms with E-state index in [0.717, 1.165) is 4.90 Å². The minimum absolute atomic E-state index is 0.0809. The van der Waals surface area contributed by atoms with E-state index in [4.69, 9.17) is 5.11 Å². The van der Waals surface area contributed by atoms with E-state index in [0.29, 0.717) is 12.8 Å². The Hall–Kier alpha value is -2.62. The number of nitrogens with zero attached hydrogens (tertiary/aromatic N) is 1. The predicted octanol–water partition coefficient (Wildman–Crippen LogP) is -0.250. The van der Waals surface area contributed by atoms with E-state index in [1.807, 2.05) is 4.72 Å². The van der Waals surface area contributed by atoms with Gasteiger partial charge in [-0.3, -0.25) is 9.59 Å². The maximum Gasteiger partial charge on any atom is 0.329 e. The smallest absolute Gasteiger partial charge is 0.329 e. The zero-order chi connectivity index (χ0) is 17.7. The number of hydrogen-bond donors (Lipinski definition) is 3. The van der Waals surface area contributed by atoms with Crippen molar-refractivity contribution in [2.75, 3.05) is 13.1 Å².